The second-order valence-electron chi connectivity index (χ2n) is 5.47. The summed E-state index contributed by atoms with van der Waals surface area (Å²) in [5.74, 6) is 0.579. The molecule has 2 atom stereocenters. The quantitative estimate of drug-likeness (QED) is 0.796. The minimum absolute atomic E-state index is 0.0380. The highest BCUT2D eigenvalue weighted by atomic mass is 32.2. The van der Waals surface area contributed by atoms with Crippen LogP contribution in [-0.4, -0.2) is 43.6 Å². The Hall–Kier alpha value is -1.86. The number of benzene rings is 1. The Morgan fingerprint density at radius 2 is 2.09 bits per heavy atom. The normalized spacial score (nSPS) is 14.4. The van der Waals surface area contributed by atoms with Gasteiger partial charge in [-0.25, -0.2) is 8.42 Å². The van der Waals surface area contributed by atoms with Gasteiger partial charge in [-0.05, 0) is 38.1 Å². The number of methoxy groups -OCH3 is 1. The molecule has 1 heterocycles. The number of nitrogens with zero attached hydrogens (tertiary/aromatic N) is 2. The van der Waals surface area contributed by atoms with E-state index in [2.05, 4.69) is 10.4 Å². The predicted molar refractivity (Wildman–Crippen MR) is 89.4 cm³/mol. The zero-order valence-corrected chi connectivity index (χ0v) is 14.5. The van der Waals surface area contributed by atoms with E-state index < -0.39 is 9.84 Å². The Labute approximate surface area is 137 Å². The van der Waals surface area contributed by atoms with Gasteiger partial charge in [-0.15, -0.1) is 0 Å². The third kappa shape index (κ3) is 4.56. The van der Waals surface area contributed by atoms with E-state index in [9.17, 15) is 8.42 Å². The predicted octanol–water partition coefficient (Wildman–Crippen LogP) is 1.90. The highest BCUT2D eigenvalue weighted by molar-refractivity contribution is 7.91. The molecule has 0 aliphatic carbocycles. The average Bonchev–Trinajstić information content (AvgIpc) is 3.08. The summed E-state index contributed by atoms with van der Waals surface area (Å²) in [5, 5.41) is 7.46. The number of rotatable bonds is 8. The summed E-state index contributed by atoms with van der Waals surface area (Å²) in [5.41, 5.74) is 0. The first-order chi connectivity index (χ1) is 10.9. The van der Waals surface area contributed by atoms with Crippen molar-refractivity contribution < 1.29 is 13.2 Å². The van der Waals surface area contributed by atoms with E-state index in [0.717, 1.165) is 0 Å². The Balaban J connectivity index is 1.91. The van der Waals surface area contributed by atoms with E-state index in [-0.39, 0.29) is 22.7 Å². The van der Waals surface area contributed by atoms with E-state index >= 15 is 0 Å². The summed E-state index contributed by atoms with van der Waals surface area (Å²) in [4.78, 5) is 0.284. The molecule has 0 saturated carbocycles. The van der Waals surface area contributed by atoms with Gasteiger partial charge in [-0.1, -0.05) is 6.07 Å². The van der Waals surface area contributed by atoms with E-state index in [1.54, 1.807) is 30.5 Å². The molecule has 0 bridgehead atoms. The molecule has 2 aromatic rings. The van der Waals surface area contributed by atoms with Crippen LogP contribution in [0.25, 0.3) is 0 Å². The second kappa shape index (κ2) is 7.61. The van der Waals surface area contributed by atoms with Crippen LogP contribution in [0, 0.1) is 0 Å². The van der Waals surface area contributed by atoms with Crippen LogP contribution in [0.15, 0.2) is 47.6 Å². The Bertz CT molecular complexity index is 714. The standard InChI is InChI=1S/C16H23N3O3S/c1-13(14(2)19-10-5-8-18-19)17-9-11-23(20,21)16-7-4-6-15(12-16)22-3/h4-8,10,12-14,17H,9,11H2,1-3H3. The van der Waals surface area contributed by atoms with Gasteiger partial charge in [0.05, 0.1) is 23.8 Å². The van der Waals surface area contributed by atoms with Gasteiger partial charge < -0.3 is 10.1 Å². The molecule has 2 rings (SSSR count). The number of hydrogen-bond donors (Lipinski definition) is 1. The van der Waals surface area contributed by atoms with Crippen LogP contribution in [0.5, 0.6) is 5.75 Å². The molecule has 126 valence electrons. The Kier molecular flexibility index (Phi) is 5.79. The van der Waals surface area contributed by atoms with Gasteiger partial charge in [-0.3, -0.25) is 4.68 Å². The fourth-order valence-corrected chi connectivity index (χ4v) is 3.46. The largest absolute Gasteiger partial charge is 0.497 e. The monoisotopic (exact) mass is 337 g/mol. The SMILES string of the molecule is COc1cccc(S(=O)(=O)CCNC(C)C(C)n2cccn2)c1. The highest BCUT2D eigenvalue weighted by Gasteiger charge is 2.17. The molecule has 23 heavy (non-hydrogen) atoms. The van der Waals surface area contributed by atoms with Crippen molar-refractivity contribution in [2.45, 2.75) is 30.8 Å². The van der Waals surface area contributed by atoms with Crippen molar-refractivity contribution in [2.75, 3.05) is 19.4 Å². The summed E-state index contributed by atoms with van der Waals surface area (Å²) in [6.45, 7) is 4.44. The highest BCUT2D eigenvalue weighted by Crippen LogP contribution is 2.18. The fourth-order valence-electron chi connectivity index (χ4n) is 2.25. The molecule has 0 amide bonds. The van der Waals surface area contributed by atoms with Gasteiger partial charge in [0, 0.05) is 25.0 Å². The summed E-state index contributed by atoms with van der Waals surface area (Å²) >= 11 is 0. The van der Waals surface area contributed by atoms with Gasteiger partial charge in [-0.2, -0.15) is 5.10 Å². The maximum Gasteiger partial charge on any atom is 0.179 e. The van der Waals surface area contributed by atoms with Crippen molar-refractivity contribution in [1.29, 1.82) is 0 Å². The lowest BCUT2D eigenvalue weighted by Gasteiger charge is -2.21. The van der Waals surface area contributed by atoms with E-state index in [4.69, 9.17) is 4.74 Å². The van der Waals surface area contributed by atoms with E-state index in [1.807, 2.05) is 30.8 Å². The molecule has 0 saturated heterocycles. The summed E-state index contributed by atoms with van der Waals surface area (Å²) in [6.07, 6.45) is 3.63. The van der Waals surface area contributed by atoms with Crippen molar-refractivity contribution in [1.82, 2.24) is 15.1 Å². The number of hydrogen-bond acceptors (Lipinski definition) is 5. The average molecular weight is 337 g/mol. The molecule has 0 spiro atoms. The number of nitrogens with one attached hydrogen (secondary N) is 1. The molecular formula is C16H23N3O3S. The number of aromatic nitrogens is 2. The molecule has 1 N–H and O–H groups in total. The molecule has 0 radical (unpaired) electrons. The van der Waals surface area contributed by atoms with Crippen molar-refractivity contribution >= 4 is 9.84 Å². The Morgan fingerprint density at radius 3 is 2.74 bits per heavy atom. The molecule has 0 fully saturated rings. The minimum Gasteiger partial charge on any atom is -0.497 e. The van der Waals surface area contributed by atoms with Crippen LogP contribution in [0.3, 0.4) is 0 Å². The third-order valence-corrected chi connectivity index (χ3v) is 5.62. The minimum atomic E-state index is -3.33. The lowest BCUT2D eigenvalue weighted by atomic mass is 10.2. The van der Waals surface area contributed by atoms with Gasteiger partial charge in [0.25, 0.3) is 0 Å². The van der Waals surface area contributed by atoms with Crippen molar-refractivity contribution in [3.8, 4) is 5.75 Å². The van der Waals surface area contributed by atoms with Crippen molar-refractivity contribution in [2.24, 2.45) is 0 Å². The topological polar surface area (TPSA) is 73.2 Å². The third-order valence-electron chi connectivity index (χ3n) is 3.90. The van der Waals surface area contributed by atoms with E-state index in [0.29, 0.717) is 12.3 Å². The van der Waals surface area contributed by atoms with Gasteiger partial charge in [0.15, 0.2) is 9.84 Å². The summed E-state index contributed by atoms with van der Waals surface area (Å²) in [6, 6.07) is 8.67. The first-order valence-electron chi connectivity index (χ1n) is 7.53. The molecule has 0 aliphatic heterocycles. The summed E-state index contributed by atoms with van der Waals surface area (Å²) in [7, 11) is -1.81. The summed E-state index contributed by atoms with van der Waals surface area (Å²) < 4.78 is 31.7. The van der Waals surface area contributed by atoms with Gasteiger partial charge in [0.1, 0.15) is 5.75 Å². The van der Waals surface area contributed by atoms with Gasteiger partial charge >= 0.3 is 0 Å². The zero-order chi connectivity index (χ0) is 16.9. The maximum atomic E-state index is 12.4. The van der Waals surface area contributed by atoms with Crippen LogP contribution in [0.1, 0.15) is 19.9 Å². The number of ether oxygens (including phenoxy) is 1. The lowest BCUT2D eigenvalue weighted by molar-refractivity contribution is 0.372. The zero-order valence-electron chi connectivity index (χ0n) is 13.6. The molecule has 1 aromatic carbocycles. The van der Waals surface area contributed by atoms with E-state index in [1.165, 1.54) is 7.11 Å². The number of sulfone groups is 1. The Morgan fingerprint density at radius 1 is 1.30 bits per heavy atom. The molecule has 1 aromatic heterocycles. The lowest BCUT2D eigenvalue weighted by Crippen LogP contribution is -2.36. The van der Waals surface area contributed by atoms with Crippen LogP contribution in [0.2, 0.25) is 0 Å². The molecule has 6 nitrogen and oxygen atoms in total. The van der Waals surface area contributed by atoms with Crippen LogP contribution in [0.4, 0.5) is 0 Å². The first kappa shape index (κ1) is 17.5. The maximum absolute atomic E-state index is 12.4. The van der Waals surface area contributed by atoms with Gasteiger partial charge in [0.2, 0.25) is 0 Å². The van der Waals surface area contributed by atoms with Crippen LogP contribution < -0.4 is 10.1 Å². The fraction of sp³-hybridized carbons (Fsp3) is 0.438. The van der Waals surface area contributed by atoms with Crippen molar-refractivity contribution in [3.05, 3.63) is 42.7 Å². The molecule has 2 unspecified atom stereocenters. The first-order valence-corrected chi connectivity index (χ1v) is 9.18. The smallest absolute Gasteiger partial charge is 0.179 e. The van der Waals surface area contributed by atoms with Crippen LogP contribution >= 0.6 is 0 Å². The molecule has 7 heteroatoms. The molecule has 0 aliphatic rings. The molecular weight excluding hydrogens is 314 g/mol. The second-order valence-corrected chi connectivity index (χ2v) is 7.58. The van der Waals surface area contributed by atoms with Crippen LogP contribution in [-0.2, 0) is 9.84 Å². The van der Waals surface area contributed by atoms with Crippen molar-refractivity contribution in [3.63, 3.8) is 0 Å².